The predicted molar refractivity (Wildman–Crippen MR) is 97.1 cm³/mol. The first kappa shape index (κ1) is 16.5. The van der Waals surface area contributed by atoms with Crippen molar-refractivity contribution in [3.63, 3.8) is 0 Å². The summed E-state index contributed by atoms with van der Waals surface area (Å²) in [5.74, 6) is 0.900. The van der Waals surface area contributed by atoms with Gasteiger partial charge >= 0.3 is 0 Å². The Bertz CT molecular complexity index is 550. The quantitative estimate of drug-likeness (QED) is 0.514. The molecule has 0 saturated carbocycles. The summed E-state index contributed by atoms with van der Waals surface area (Å²) >= 11 is 0. The zero-order chi connectivity index (χ0) is 15.6. The smallest absolute Gasteiger partial charge is 0.0629 e. The molecular weight excluding hydrogens is 266 g/mol. The van der Waals surface area contributed by atoms with Crippen molar-refractivity contribution in [3.05, 3.63) is 65.7 Å². The molecule has 1 nitrogen and oxygen atoms in total. The number of hydrogen-bond acceptors (Lipinski definition) is 1. The van der Waals surface area contributed by atoms with Crippen LogP contribution in [0.1, 0.15) is 50.7 Å². The molecule has 1 heteroatoms. The van der Waals surface area contributed by atoms with Crippen LogP contribution < -0.4 is 0 Å². The summed E-state index contributed by atoms with van der Waals surface area (Å²) in [7, 11) is 0. The van der Waals surface area contributed by atoms with Gasteiger partial charge in [0.2, 0.25) is 0 Å². The molecule has 0 aliphatic carbocycles. The Morgan fingerprint density at radius 1 is 0.909 bits per heavy atom. The van der Waals surface area contributed by atoms with Crippen LogP contribution in [-0.4, -0.2) is 6.21 Å². The Morgan fingerprint density at radius 2 is 1.59 bits per heavy atom. The largest absolute Gasteiger partial charge is 0.256 e. The van der Waals surface area contributed by atoms with E-state index < -0.39 is 0 Å². The minimum atomic E-state index is 0.900. The van der Waals surface area contributed by atoms with Crippen LogP contribution in [0.4, 0.5) is 5.69 Å². The Morgan fingerprint density at radius 3 is 2.23 bits per heavy atom. The normalized spacial score (nSPS) is 11.4. The van der Waals surface area contributed by atoms with Gasteiger partial charge in [-0.25, -0.2) is 0 Å². The Kier molecular flexibility index (Phi) is 6.89. The Hall–Kier alpha value is -1.89. The van der Waals surface area contributed by atoms with Gasteiger partial charge in [0.15, 0.2) is 0 Å². The van der Waals surface area contributed by atoms with E-state index in [2.05, 4.69) is 43.1 Å². The summed E-state index contributed by atoms with van der Waals surface area (Å²) in [6.07, 6.45) is 8.39. The lowest BCUT2D eigenvalue weighted by Gasteiger charge is -2.11. The number of rotatable bonds is 8. The van der Waals surface area contributed by atoms with Crippen molar-refractivity contribution in [3.8, 4) is 0 Å². The van der Waals surface area contributed by atoms with Crippen molar-refractivity contribution in [2.75, 3.05) is 0 Å². The fourth-order valence-corrected chi connectivity index (χ4v) is 2.73. The van der Waals surface area contributed by atoms with Crippen LogP contribution in [0.25, 0.3) is 0 Å². The third-order valence-corrected chi connectivity index (χ3v) is 4.33. The lowest BCUT2D eigenvalue weighted by molar-refractivity contribution is 0.441. The summed E-state index contributed by atoms with van der Waals surface area (Å²) in [6.45, 7) is 4.60. The molecule has 2 aromatic rings. The molecule has 2 rings (SSSR count). The molecule has 0 unspecified atom stereocenters. The molecule has 2 aromatic carbocycles. The molecule has 0 saturated heterocycles. The highest BCUT2D eigenvalue weighted by atomic mass is 14.7. The standard InChI is InChI=1S/C21H27N/c1-3-18(4-2)9-8-10-19-13-15-20(16-14-19)17-22-21-11-6-5-7-12-21/h5-7,11-18H,3-4,8-10H2,1-2H3. The first-order valence-corrected chi connectivity index (χ1v) is 8.50. The molecule has 0 atom stereocenters. The highest BCUT2D eigenvalue weighted by Crippen LogP contribution is 2.17. The number of nitrogens with zero attached hydrogens (tertiary/aromatic N) is 1. The maximum Gasteiger partial charge on any atom is 0.0629 e. The van der Waals surface area contributed by atoms with Crippen LogP contribution in [0.15, 0.2) is 59.6 Å². The second kappa shape index (κ2) is 9.19. The first-order valence-electron chi connectivity index (χ1n) is 8.50. The Labute approximate surface area is 135 Å². The second-order valence-electron chi connectivity index (χ2n) is 5.91. The predicted octanol–water partition coefficient (Wildman–Crippen LogP) is 6.20. The van der Waals surface area contributed by atoms with E-state index >= 15 is 0 Å². The van der Waals surface area contributed by atoms with E-state index in [0.29, 0.717) is 0 Å². The van der Waals surface area contributed by atoms with E-state index in [-0.39, 0.29) is 0 Å². The molecule has 0 fully saturated rings. The zero-order valence-electron chi connectivity index (χ0n) is 13.8. The first-order chi connectivity index (χ1) is 10.8. The SMILES string of the molecule is CCC(CC)CCCc1ccc(C=Nc2ccccc2)cc1. The van der Waals surface area contributed by atoms with Crippen molar-refractivity contribution < 1.29 is 0 Å². The lowest BCUT2D eigenvalue weighted by atomic mass is 9.95. The highest BCUT2D eigenvalue weighted by molar-refractivity contribution is 5.81. The van der Waals surface area contributed by atoms with Gasteiger partial charge in [-0.05, 0) is 42.0 Å². The van der Waals surface area contributed by atoms with Gasteiger partial charge in [-0.3, -0.25) is 4.99 Å². The fraction of sp³-hybridized carbons (Fsp3) is 0.381. The van der Waals surface area contributed by atoms with Crippen LogP contribution in [-0.2, 0) is 6.42 Å². The average Bonchev–Trinajstić information content (AvgIpc) is 2.59. The monoisotopic (exact) mass is 293 g/mol. The van der Waals surface area contributed by atoms with Gasteiger partial charge in [0.25, 0.3) is 0 Å². The van der Waals surface area contributed by atoms with Crippen LogP contribution in [0, 0.1) is 5.92 Å². The van der Waals surface area contributed by atoms with E-state index in [4.69, 9.17) is 0 Å². The van der Waals surface area contributed by atoms with Crippen LogP contribution >= 0.6 is 0 Å². The molecule has 0 N–H and O–H groups in total. The minimum absolute atomic E-state index is 0.900. The van der Waals surface area contributed by atoms with Gasteiger partial charge in [0, 0.05) is 6.21 Å². The third kappa shape index (κ3) is 5.48. The van der Waals surface area contributed by atoms with Crippen LogP contribution in [0.2, 0.25) is 0 Å². The number of aryl methyl sites for hydroxylation is 1. The molecule has 116 valence electrons. The molecular formula is C21H27N. The van der Waals surface area contributed by atoms with Crippen molar-refractivity contribution >= 4 is 11.9 Å². The van der Waals surface area contributed by atoms with Crippen LogP contribution in [0.5, 0.6) is 0 Å². The maximum atomic E-state index is 4.49. The van der Waals surface area contributed by atoms with E-state index in [1.807, 2.05) is 36.5 Å². The van der Waals surface area contributed by atoms with Crippen molar-refractivity contribution in [2.45, 2.75) is 46.0 Å². The summed E-state index contributed by atoms with van der Waals surface area (Å²) < 4.78 is 0. The van der Waals surface area contributed by atoms with E-state index in [9.17, 15) is 0 Å². The summed E-state index contributed by atoms with van der Waals surface area (Å²) in [4.78, 5) is 4.49. The second-order valence-corrected chi connectivity index (χ2v) is 5.91. The highest BCUT2D eigenvalue weighted by Gasteiger charge is 2.03. The topological polar surface area (TPSA) is 12.4 Å². The van der Waals surface area contributed by atoms with Crippen LogP contribution in [0.3, 0.4) is 0 Å². The number of hydrogen-bond donors (Lipinski definition) is 0. The number of benzene rings is 2. The molecule has 0 aromatic heterocycles. The Balaban J connectivity index is 1.84. The summed E-state index contributed by atoms with van der Waals surface area (Å²) in [5, 5.41) is 0. The van der Waals surface area contributed by atoms with Gasteiger partial charge < -0.3 is 0 Å². The summed E-state index contributed by atoms with van der Waals surface area (Å²) in [5.41, 5.74) is 3.59. The van der Waals surface area contributed by atoms with E-state index in [0.717, 1.165) is 17.2 Å². The molecule has 0 heterocycles. The molecule has 0 radical (unpaired) electrons. The third-order valence-electron chi connectivity index (χ3n) is 4.33. The van der Waals surface area contributed by atoms with Gasteiger partial charge in [-0.2, -0.15) is 0 Å². The van der Waals surface area contributed by atoms with Crippen molar-refractivity contribution in [2.24, 2.45) is 10.9 Å². The minimum Gasteiger partial charge on any atom is -0.256 e. The fourth-order valence-electron chi connectivity index (χ4n) is 2.73. The van der Waals surface area contributed by atoms with E-state index in [1.54, 1.807) is 0 Å². The molecule has 0 amide bonds. The number of aliphatic imine (C=N–C) groups is 1. The zero-order valence-corrected chi connectivity index (χ0v) is 13.8. The molecule has 0 bridgehead atoms. The van der Waals surface area contributed by atoms with Crippen molar-refractivity contribution in [1.29, 1.82) is 0 Å². The van der Waals surface area contributed by atoms with Gasteiger partial charge in [0.05, 0.1) is 5.69 Å². The molecule has 0 spiro atoms. The van der Waals surface area contributed by atoms with Gasteiger partial charge in [-0.1, -0.05) is 75.6 Å². The van der Waals surface area contributed by atoms with Crippen molar-refractivity contribution in [1.82, 2.24) is 0 Å². The molecule has 22 heavy (non-hydrogen) atoms. The number of para-hydroxylation sites is 1. The van der Waals surface area contributed by atoms with E-state index in [1.165, 1.54) is 37.7 Å². The van der Waals surface area contributed by atoms with Gasteiger partial charge in [-0.15, -0.1) is 0 Å². The van der Waals surface area contributed by atoms with Gasteiger partial charge in [0.1, 0.15) is 0 Å². The molecule has 0 aliphatic rings. The molecule has 0 aliphatic heterocycles. The summed E-state index contributed by atoms with van der Waals surface area (Å²) in [6, 6.07) is 18.9. The lowest BCUT2D eigenvalue weighted by Crippen LogP contribution is -1.97. The average molecular weight is 293 g/mol. The maximum absolute atomic E-state index is 4.49.